The first-order chi connectivity index (χ1) is 17.2. The Hall–Kier alpha value is -1.83. The molecule has 2 aliphatic heterocycles. The molecule has 7 nitrogen and oxygen atoms in total. The molecule has 2 aliphatic rings. The van der Waals surface area contributed by atoms with Crippen LogP contribution in [-0.4, -0.2) is 76.1 Å². The third-order valence-electron chi connectivity index (χ3n) is 6.90. The molecule has 0 radical (unpaired) electrons. The number of hydrogen-bond acceptors (Lipinski definition) is 7. The lowest BCUT2D eigenvalue weighted by atomic mass is 9.90. The van der Waals surface area contributed by atoms with Crippen LogP contribution in [0.2, 0.25) is 0 Å². The van der Waals surface area contributed by atoms with Crippen LogP contribution in [0.3, 0.4) is 0 Å². The topological polar surface area (TPSA) is 79.3 Å². The van der Waals surface area contributed by atoms with Crippen LogP contribution >= 0.6 is 12.6 Å². The number of nitrogens with zero attached hydrogens (tertiary/aromatic N) is 2. The van der Waals surface area contributed by atoms with E-state index < -0.39 is 27.8 Å². The average molecular weight is 561 g/mol. The van der Waals surface area contributed by atoms with Gasteiger partial charge in [-0.1, -0.05) is 31.2 Å². The van der Waals surface area contributed by atoms with E-state index in [4.69, 9.17) is 9.47 Å². The van der Waals surface area contributed by atoms with Crippen molar-refractivity contribution in [1.29, 1.82) is 0 Å². The van der Waals surface area contributed by atoms with Crippen LogP contribution < -0.4 is 4.90 Å². The van der Waals surface area contributed by atoms with E-state index in [0.29, 0.717) is 43.9 Å². The lowest BCUT2D eigenvalue weighted by molar-refractivity contribution is -0.258. The number of halogens is 3. The van der Waals surface area contributed by atoms with Crippen LogP contribution in [-0.2, 0) is 25.1 Å². The highest BCUT2D eigenvalue weighted by Crippen LogP contribution is 2.39. The first kappa shape index (κ1) is 28.2. The van der Waals surface area contributed by atoms with Crippen molar-refractivity contribution >= 4 is 28.3 Å². The number of benzene rings is 2. The number of hydrogen-bond donors (Lipinski definition) is 2. The Balaban J connectivity index is 1.56. The van der Waals surface area contributed by atoms with Crippen LogP contribution in [0.15, 0.2) is 58.3 Å². The molecule has 0 bridgehead atoms. The second-order valence-corrected chi connectivity index (χ2v) is 12.5. The van der Waals surface area contributed by atoms with Gasteiger partial charge in [-0.25, -0.2) is 8.42 Å². The second kappa shape index (κ2) is 10.4. The van der Waals surface area contributed by atoms with Gasteiger partial charge in [0.25, 0.3) is 0 Å². The Bertz CT molecular complexity index is 1200. The van der Waals surface area contributed by atoms with Gasteiger partial charge in [-0.3, -0.25) is 0 Å². The molecule has 2 aromatic carbocycles. The molecule has 2 fully saturated rings. The second-order valence-electron chi connectivity index (χ2n) is 10.1. The molecule has 0 spiro atoms. The van der Waals surface area contributed by atoms with E-state index in [2.05, 4.69) is 12.6 Å². The summed E-state index contributed by atoms with van der Waals surface area (Å²) in [5, 5.41) is 10.0. The maximum Gasteiger partial charge on any atom is 0.421 e. The van der Waals surface area contributed by atoms with E-state index >= 15 is 0 Å². The van der Waals surface area contributed by atoms with Crippen molar-refractivity contribution in [2.24, 2.45) is 5.41 Å². The Labute approximate surface area is 220 Å². The van der Waals surface area contributed by atoms with Crippen molar-refractivity contribution in [3.63, 3.8) is 0 Å². The fourth-order valence-corrected chi connectivity index (χ4v) is 6.52. The van der Waals surface area contributed by atoms with Gasteiger partial charge in [0, 0.05) is 35.6 Å². The fourth-order valence-electron chi connectivity index (χ4n) is 4.46. The molecule has 0 aromatic heterocycles. The van der Waals surface area contributed by atoms with Gasteiger partial charge in [-0.05, 0) is 36.8 Å². The molecule has 0 amide bonds. The summed E-state index contributed by atoms with van der Waals surface area (Å²) < 4.78 is 79.3. The van der Waals surface area contributed by atoms with Gasteiger partial charge in [0.2, 0.25) is 10.0 Å². The van der Waals surface area contributed by atoms with Crippen LogP contribution in [0.1, 0.15) is 19.4 Å². The van der Waals surface area contributed by atoms with Gasteiger partial charge in [-0.2, -0.15) is 17.5 Å². The fraction of sp³-hybridized carbons (Fsp3) is 0.520. The predicted octanol–water partition coefficient (Wildman–Crippen LogP) is 3.68. The van der Waals surface area contributed by atoms with Crippen molar-refractivity contribution < 1.29 is 36.2 Å². The molecular formula is C25H31F3N2O5S2. The molecule has 1 unspecified atom stereocenters. The molecule has 4 rings (SSSR count). The summed E-state index contributed by atoms with van der Waals surface area (Å²) in [5.74, 6) is 0. The lowest BCUT2D eigenvalue weighted by Gasteiger charge is -2.43. The maximum absolute atomic E-state index is 13.4. The zero-order valence-electron chi connectivity index (χ0n) is 20.6. The van der Waals surface area contributed by atoms with Crippen molar-refractivity contribution in [3.8, 4) is 0 Å². The molecule has 2 atom stereocenters. The number of ether oxygens (including phenoxy) is 2. The molecule has 0 saturated carbocycles. The van der Waals surface area contributed by atoms with Gasteiger partial charge in [-0.15, -0.1) is 12.6 Å². The molecule has 1 N–H and O–H groups in total. The average Bonchev–Trinajstić information content (AvgIpc) is 2.82. The Morgan fingerprint density at radius 1 is 1.14 bits per heavy atom. The minimum absolute atomic E-state index is 0.0962. The van der Waals surface area contributed by atoms with E-state index in [1.54, 1.807) is 18.2 Å². The summed E-state index contributed by atoms with van der Waals surface area (Å²) in [5.41, 5.74) is -2.75. The number of anilines is 1. The Kier molecular flexibility index (Phi) is 7.91. The summed E-state index contributed by atoms with van der Waals surface area (Å²) in [4.78, 5) is 2.40. The monoisotopic (exact) mass is 560 g/mol. The third kappa shape index (κ3) is 5.79. The van der Waals surface area contributed by atoms with Crippen LogP contribution in [0.4, 0.5) is 18.9 Å². The minimum Gasteiger partial charge on any atom is -0.380 e. The standard InChI is InChI=1S/C25H31F3N2O5S2/c1-23(16-35-17-23)15-34-14-20-13-29(37(32,33)22-6-4-3-5-21(22)36)11-12-30(20)19-9-7-18(8-10-19)24(2,31)25(26,27)28/h3-10,20,31,36H,11-17H2,1-2H3/t20-,24?/m1/s1. The number of aliphatic hydroxyl groups is 1. The summed E-state index contributed by atoms with van der Waals surface area (Å²) >= 11 is 4.31. The summed E-state index contributed by atoms with van der Waals surface area (Å²) in [6.07, 6.45) is -4.82. The highest BCUT2D eigenvalue weighted by atomic mass is 32.2. The van der Waals surface area contributed by atoms with E-state index in [0.717, 1.165) is 0 Å². The number of sulfonamides is 1. The molecule has 2 saturated heterocycles. The number of alkyl halides is 3. The molecule has 12 heteroatoms. The van der Waals surface area contributed by atoms with E-state index in [-0.39, 0.29) is 35.6 Å². The maximum atomic E-state index is 13.4. The predicted molar refractivity (Wildman–Crippen MR) is 135 cm³/mol. The van der Waals surface area contributed by atoms with Gasteiger partial charge in [0.1, 0.15) is 0 Å². The van der Waals surface area contributed by atoms with Crippen molar-refractivity contribution in [1.82, 2.24) is 4.31 Å². The minimum atomic E-state index is -4.82. The van der Waals surface area contributed by atoms with Crippen molar-refractivity contribution in [3.05, 3.63) is 54.1 Å². The van der Waals surface area contributed by atoms with E-state index in [1.165, 1.54) is 34.6 Å². The molecule has 2 aromatic rings. The first-order valence-electron chi connectivity index (χ1n) is 11.8. The molecule has 0 aliphatic carbocycles. The summed E-state index contributed by atoms with van der Waals surface area (Å²) in [6.45, 7) is 5.18. The van der Waals surface area contributed by atoms with Gasteiger partial charge >= 0.3 is 6.18 Å². The lowest BCUT2D eigenvalue weighted by Crippen LogP contribution is -2.57. The van der Waals surface area contributed by atoms with Crippen molar-refractivity contribution in [2.45, 2.75) is 41.5 Å². The number of rotatable bonds is 8. The van der Waals surface area contributed by atoms with Crippen LogP contribution in [0, 0.1) is 5.41 Å². The Morgan fingerprint density at radius 2 is 1.78 bits per heavy atom. The zero-order valence-corrected chi connectivity index (χ0v) is 22.3. The van der Waals surface area contributed by atoms with Crippen LogP contribution in [0.5, 0.6) is 0 Å². The third-order valence-corrected chi connectivity index (χ3v) is 9.37. The summed E-state index contributed by atoms with van der Waals surface area (Å²) in [6, 6.07) is 11.6. The van der Waals surface area contributed by atoms with Gasteiger partial charge in [0.05, 0.1) is 37.4 Å². The largest absolute Gasteiger partial charge is 0.421 e. The Morgan fingerprint density at radius 3 is 2.35 bits per heavy atom. The highest BCUT2D eigenvalue weighted by Gasteiger charge is 2.51. The van der Waals surface area contributed by atoms with Crippen LogP contribution in [0.25, 0.3) is 0 Å². The number of piperazine rings is 1. The first-order valence-corrected chi connectivity index (χ1v) is 13.7. The molecule has 2 heterocycles. The SMILES string of the molecule is CC1(COC[C@H]2CN(S(=O)(=O)c3ccccc3S)CCN2c2ccc(C(C)(O)C(F)(F)F)cc2)COC1. The van der Waals surface area contributed by atoms with Gasteiger partial charge in [0.15, 0.2) is 5.60 Å². The van der Waals surface area contributed by atoms with E-state index in [1.807, 2.05) is 11.8 Å². The van der Waals surface area contributed by atoms with Gasteiger partial charge < -0.3 is 19.5 Å². The smallest absolute Gasteiger partial charge is 0.380 e. The van der Waals surface area contributed by atoms with E-state index in [9.17, 15) is 26.7 Å². The molecule has 37 heavy (non-hydrogen) atoms. The van der Waals surface area contributed by atoms with Crippen molar-refractivity contribution in [2.75, 3.05) is 51.0 Å². The molecular weight excluding hydrogens is 529 g/mol. The number of thiol groups is 1. The highest BCUT2D eigenvalue weighted by molar-refractivity contribution is 7.90. The molecule has 204 valence electrons. The zero-order chi connectivity index (χ0) is 27.1. The normalized spacial score (nSPS) is 22.4. The quantitative estimate of drug-likeness (QED) is 0.480. The summed E-state index contributed by atoms with van der Waals surface area (Å²) in [7, 11) is -3.82.